The summed E-state index contributed by atoms with van der Waals surface area (Å²) in [4.78, 5) is 16.6. The number of nitriles is 1. The topological polar surface area (TPSA) is 115 Å². The monoisotopic (exact) mass is 399 g/mol. The van der Waals surface area contributed by atoms with Crippen LogP contribution >= 0.6 is 0 Å². The number of carbonyl (C=O) groups excluding carboxylic acids is 1. The smallest absolute Gasteiger partial charge is 0.251 e. The summed E-state index contributed by atoms with van der Waals surface area (Å²) in [7, 11) is -3.56. The fourth-order valence-corrected chi connectivity index (χ4v) is 4.53. The second-order valence-electron chi connectivity index (χ2n) is 6.33. The van der Waals surface area contributed by atoms with Gasteiger partial charge in [-0.1, -0.05) is 6.07 Å². The van der Waals surface area contributed by atoms with Crippen LogP contribution in [-0.2, 0) is 10.0 Å². The summed E-state index contributed by atoms with van der Waals surface area (Å²) in [6.45, 7) is 1.71. The van der Waals surface area contributed by atoms with Crippen molar-refractivity contribution in [2.24, 2.45) is 0 Å². The van der Waals surface area contributed by atoms with Crippen LogP contribution in [0.15, 0.2) is 47.5 Å². The molecule has 1 saturated heterocycles. The summed E-state index contributed by atoms with van der Waals surface area (Å²) in [5.74, 6) is 0.0970. The molecule has 0 aliphatic carbocycles. The molecule has 3 rings (SSSR count). The van der Waals surface area contributed by atoms with Crippen molar-refractivity contribution >= 4 is 21.7 Å². The lowest BCUT2D eigenvalue weighted by molar-refractivity contribution is 0.0955. The molecule has 146 valence electrons. The van der Waals surface area contributed by atoms with Gasteiger partial charge in [-0.25, -0.2) is 13.4 Å². The van der Waals surface area contributed by atoms with E-state index in [-0.39, 0.29) is 16.4 Å². The number of anilines is 1. The Morgan fingerprint density at radius 3 is 2.71 bits per heavy atom. The average Bonchev–Trinajstić information content (AvgIpc) is 3.27. The van der Waals surface area contributed by atoms with E-state index in [4.69, 9.17) is 5.26 Å². The first-order chi connectivity index (χ1) is 13.5. The van der Waals surface area contributed by atoms with Gasteiger partial charge in [0.15, 0.2) is 0 Å². The molecule has 2 aromatic rings. The largest absolute Gasteiger partial charge is 0.367 e. The highest BCUT2D eigenvalue weighted by Crippen LogP contribution is 2.21. The predicted molar refractivity (Wildman–Crippen MR) is 104 cm³/mol. The number of aromatic nitrogens is 1. The SMILES string of the molecule is N#Cc1cccnc1NCCNC(=O)c1cccc(S(=O)(=O)N2CCCC2)c1. The van der Waals surface area contributed by atoms with Gasteiger partial charge in [-0.3, -0.25) is 4.79 Å². The zero-order valence-corrected chi connectivity index (χ0v) is 16.1. The van der Waals surface area contributed by atoms with Crippen molar-refractivity contribution in [1.29, 1.82) is 5.26 Å². The Balaban J connectivity index is 1.58. The van der Waals surface area contributed by atoms with Gasteiger partial charge in [0.1, 0.15) is 11.9 Å². The molecule has 0 bridgehead atoms. The summed E-state index contributed by atoms with van der Waals surface area (Å²) < 4.78 is 26.7. The van der Waals surface area contributed by atoms with Crippen molar-refractivity contribution < 1.29 is 13.2 Å². The first-order valence-electron chi connectivity index (χ1n) is 9.00. The molecule has 0 spiro atoms. The molecule has 8 nitrogen and oxygen atoms in total. The van der Waals surface area contributed by atoms with Crippen molar-refractivity contribution in [2.45, 2.75) is 17.7 Å². The zero-order valence-electron chi connectivity index (χ0n) is 15.3. The molecule has 1 aliphatic rings. The van der Waals surface area contributed by atoms with Gasteiger partial charge in [0, 0.05) is 37.9 Å². The number of rotatable bonds is 7. The molecular weight excluding hydrogens is 378 g/mol. The maximum Gasteiger partial charge on any atom is 0.251 e. The van der Waals surface area contributed by atoms with Crippen LogP contribution in [0.2, 0.25) is 0 Å². The number of nitrogens with one attached hydrogen (secondary N) is 2. The summed E-state index contributed by atoms with van der Waals surface area (Å²) in [5.41, 5.74) is 0.712. The number of amides is 1. The molecule has 9 heteroatoms. The highest BCUT2D eigenvalue weighted by molar-refractivity contribution is 7.89. The number of benzene rings is 1. The molecule has 0 atom stereocenters. The minimum absolute atomic E-state index is 0.132. The van der Waals surface area contributed by atoms with E-state index in [0.717, 1.165) is 12.8 Å². The third kappa shape index (κ3) is 4.47. The molecule has 0 unspecified atom stereocenters. The van der Waals surface area contributed by atoms with Crippen LogP contribution < -0.4 is 10.6 Å². The Morgan fingerprint density at radius 1 is 1.18 bits per heavy atom. The Bertz CT molecular complexity index is 995. The van der Waals surface area contributed by atoms with E-state index < -0.39 is 10.0 Å². The number of hydrogen-bond acceptors (Lipinski definition) is 6. The van der Waals surface area contributed by atoms with Crippen LogP contribution in [0.4, 0.5) is 5.82 Å². The summed E-state index contributed by atoms with van der Waals surface area (Å²) in [5, 5.41) is 14.8. The van der Waals surface area contributed by atoms with Crippen LogP contribution in [0, 0.1) is 11.3 Å². The van der Waals surface area contributed by atoms with Gasteiger partial charge in [0.25, 0.3) is 5.91 Å². The van der Waals surface area contributed by atoms with Gasteiger partial charge >= 0.3 is 0 Å². The highest BCUT2D eigenvalue weighted by Gasteiger charge is 2.27. The van der Waals surface area contributed by atoms with Crippen LogP contribution in [-0.4, -0.2) is 49.8 Å². The Morgan fingerprint density at radius 2 is 1.96 bits per heavy atom. The lowest BCUT2D eigenvalue weighted by Crippen LogP contribution is -2.30. The molecule has 2 heterocycles. The molecule has 1 aromatic heterocycles. The fourth-order valence-electron chi connectivity index (χ4n) is 2.97. The number of hydrogen-bond donors (Lipinski definition) is 2. The Labute approximate surface area is 164 Å². The first kappa shape index (κ1) is 19.8. The maximum atomic E-state index is 12.6. The Hall–Kier alpha value is -2.96. The molecule has 0 radical (unpaired) electrons. The molecule has 1 aromatic carbocycles. The average molecular weight is 399 g/mol. The molecule has 2 N–H and O–H groups in total. The minimum Gasteiger partial charge on any atom is -0.367 e. The lowest BCUT2D eigenvalue weighted by atomic mass is 10.2. The molecule has 1 aliphatic heterocycles. The standard InChI is InChI=1S/C19H21N5O3S/c20-14-16-6-4-8-21-18(16)22-9-10-23-19(25)15-5-3-7-17(13-15)28(26,27)24-11-1-2-12-24/h3-8,13H,1-2,9-12H2,(H,21,22)(H,23,25). The van der Waals surface area contributed by atoms with Crippen LogP contribution in [0.25, 0.3) is 0 Å². The van der Waals surface area contributed by atoms with Crippen molar-refractivity contribution in [3.8, 4) is 6.07 Å². The lowest BCUT2D eigenvalue weighted by Gasteiger charge is -2.16. The number of pyridine rings is 1. The van der Waals surface area contributed by atoms with E-state index in [1.54, 1.807) is 30.5 Å². The zero-order chi connectivity index (χ0) is 20.0. The molecular formula is C19H21N5O3S. The van der Waals surface area contributed by atoms with Crippen LogP contribution in [0.1, 0.15) is 28.8 Å². The van der Waals surface area contributed by atoms with Crippen molar-refractivity contribution in [2.75, 3.05) is 31.5 Å². The van der Waals surface area contributed by atoms with Gasteiger partial charge in [-0.15, -0.1) is 0 Å². The number of carbonyl (C=O) groups is 1. The van der Waals surface area contributed by atoms with Crippen LogP contribution in [0.5, 0.6) is 0 Å². The third-order valence-corrected chi connectivity index (χ3v) is 6.32. The quantitative estimate of drug-likeness (QED) is 0.683. The van der Waals surface area contributed by atoms with E-state index in [9.17, 15) is 13.2 Å². The molecule has 0 saturated carbocycles. The minimum atomic E-state index is -3.56. The van der Waals surface area contributed by atoms with E-state index in [2.05, 4.69) is 15.6 Å². The second kappa shape index (κ2) is 8.82. The summed E-state index contributed by atoms with van der Waals surface area (Å²) >= 11 is 0. The normalized spacial score (nSPS) is 14.4. The van der Waals surface area contributed by atoms with Crippen molar-refractivity contribution in [3.63, 3.8) is 0 Å². The van der Waals surface area contributed by atoms with E-state index in [0.29, 0.717) is 37.6 Å². The maximum absolute atomic E-state index is 12.6. The van der Waals surface area contributed by atoms with Gasteiger partial charge in [-0.05, 0) is 43.2 Å². The van der Waals surface area contributed by atoms with Gasteiger partial charge in [-0.2, -0.15) is 9.57 Å². The second-order valence-corrected chi connectivity index (χ2v) is 8.27. The summed E-state index contributed by atoms with van der Waals surface area (Å²) in [6.07, 6.45) is 3.29. The van der Waals surface area contributed by atoms with E-state index >= 15 is 0 Å². The molecule has 1 fully saturated rings. The first-order valence-corrected chi connectivity index (χ1v) is 10.4. The van der Waals surface area contributed by atoms with Crippen LogP contribution in [0.3, 0.4) is 0 Å². The third-order valence-electron chi connectivity index (χ3n) is 4.43. The van der Waals surface area contributed by atoms with Gasteiger partial charge in [0.2, 0.25) is 10.0 Å². The van der Waals surface area contributed by atoms with E-state index in [1.807, 2.05) is 6.07 Å². The number of nitrogens with zero attached hydrogens (tertiary/aromatic N) is 3. The highest BCUT2D eigenvalue weighted by atomic mass is 32.2. The van der Waals surface area contributed by atoms with Gasteiger partial charge < -0.3 is 10.6 Å². The number of sulfonamides is 1. The van der Waals surface area contributed by atoms with Gasteiger partial charge in [0.05, 0.1) is 10.5 Å². The van der Waals surface area contributed by atoms with E-state index in [1.165, 1.54) is 16.4 Å². The molecule has 1 amide bonds. The molecule has 28 heavy (non-hydrogen) atoms. The van der Waals surface area contributed by atoms with Crippen molar-refractivity contribution in [3.05, 3.63) is 53.7 Å². The van der Waals surface area contributed by atoms with Crippen molar-refractivity contribution in [1.82, 2.24) is 14.6 Å². The fraction of sp³-hybridized carbons (Fsp3) is 0.316. The summed E-state index contributed by atoms with van der Waals surface area (Å²) in [6, 6.07) is 11.4. The predicted octanol–water partition coefficient (Wildman–Crippen LogP) is 1.58. The Kier molecular flexibility index (Phi) is 6.23.